The van der Waals surface area contributed by atoms with Gasteiger partial charge in [0.05, 0.1) is 12.5 Å². The van der Waals surface area contributed by atoms with Gasteiger partial charge < -0.3 is 15.5 Å². The fraction of sp³-hybridized carbons (Fsp3) is 0.467. The lowest BCUT2D eigenvalue weighted by Gasteiger charge is -2.16. The minimum Gasteiger partial charge on any atom is -0.350 e. The van der Waals surface area contributed by atoms with Crippen molar-refractivity contribution in [3.05, 3.63) is 29.3 Å². The van der Waals surface area contributed by atoms with E-state index in [1.54, 1.807) is 11.9 Å². The van der Waals surface area contributed by atoms with Crippen LogP contribution in [0, 0.1) is 0 Å². The Labute approximate surface area is 119 Å². The number of amides is 2. The van der Waals surface area contributed by atoms with Gasteiger partial charge in [0.1, 0.15) is 0 Å². The van der Waals surface area contributed by atoms with Gasteiger partial charge in [-0.2, -0.15) is 0 Å². The van der Waals surface area contributed by atoms with Crippen LogP contribution >= 0.6 is 0 Å². The Bertz CT molecular complexity index is 528. The van der Waals surface area contributed by atoms with E-state index in [9.17, 15) is 9.59 Å². The lowest BCUT2D eigenvalue weighted by atomic mass is 10.0. The van der Waals surface area contributed by atoms with Gasteiger partial charge >= 0.3 is 0 Å². The van der Waals surface area contributed by atoms with E-state index in [-0.39, 0.29) is 17.9 Å². The monoisotopic (exact) mass is 275 g/mol. The maximum absolute atomic E-state index is 11.7. The fourth-order valence-electron chi connectivity index (χ4n) is 2.39. The van der Waals surface area contributed by atoms with Gasteiger partial charge in [0.2, 0.25) is 11.8 Å². The Hall–Kier alpha value is -1.88. The molecule has 2 N–H and O–H groups in total. The normalized spacial score (nSPS) is 15.2. The number of hydrogen-bond acceptors (Lipinski definition) is 3. The molecule has 1 atom stereocenters. The summed E-state index contributed by atoms with van der Waals surface area (Å²) in [5, 5.41) is 5.92. The summed E-state index contributed by atoms with van der Waals surface area (Å²) < 4.78 is 0. The number of hydrogen-bond donors (Lipinski definition) is 2. The summed E-state index contributed by atoms with van der Waals surface area (Å²) in [7, 11) is 3.61. The molecule has 0 saturated carbocycles. The van der Waals surface area contributed by atoms with Gasteiger partial charge in [-0.05, 0) is 31.2 Å². The third kappa shape index (κ3) is 2.99. The molecule has 5 nitrogen and oxygen atoms in total. The SMILES string of the molecule is CNCCC(=O)NC(C)c1ccc2c(c1)CC(=O)N2C. The van der Waals surface area contributed by atoms with E-state index >= 15 is 0 Å². The van der Waals surface area contributed by atoms with Gasteiger partial charge in [-0.15, -0.1) is 0 Å². The minimum atomic E-state index is -0.0503. The number of rotatable bonds is 5. The molecule has 1 aliphatic rings. The fourth-order valence-corrected chi connectivity index (χ4v) is 2.39. The summed E-state index contributed by atoms with van der Waals surface area (Å²) in [6, 6.07) is 5.88. The van der Waals surface area contributed by atoms with Crippen LogP contribution < -0.4 is 15.5 Å². The zero-order valence-electron chi connectivity index (χ0n) is 12.2. The van der Waals surface area contributed by atoms with Crippen molar-refractivity contribution in [2.24, 2.45) is 0 Å². The first kappa shape index (κ1) is 14.5. The third-order valence-electron chi connectivity index (χ3n) is 3.66. The van der Waals surface area contributed by atoms with Crippen LogP contribution in [0.4, 0.5) is 5.69 Å². The van der Waals surface area contributed by atoms with Gasteiger partial charge in [0.25, 0.3) is 0 Å². The Morgan fingerprint density at radius 1 is 1.45 bits per heavy atom. The molecule has 1 heterocycles. The van der Waals surface area contributed by atoms with Crippen LogP contribution in [0.5, 0.6) is 0 Å². The van der Waals surface area contributed by atoms with Gasteiger partial charge in [0, 0.05) is 25.7 Å². The first-order valence-corrected chi connectivity index (χ1v) is 6.86. The van der Waals surface area contributed by atoms with Gasteiger partial charge in [-0.25, -0.2) is 0 Å². The lowest BCUT2D eigenvalue weighted by molar-refractivity contribution is -0.121. The van der Waals surface area contributed by atoms with E-state index in [0.29, 0.717) is 19.4 Å². The van der Waals surface area contributed by atoms with Gasteiger partial charge in [-0.3, -0.25) is 9.59 Å². The van der Waals surface area contributed by atoms with E-state index in [2.05, 4.69) is 10.6 Å². The Kier molecular flexibility index (Phi) is 4.39. The molecule has 108 valence electrons. The molecule has 5 heteroatoms. The van der Waals surface area contributed by atoms with Crippen LogP contribution in [0.3, 0.4) is 0 Å². The summed E-state index contributed by atoms with van der Waals surface area (Å²) in [5.74, 6) is 0.142. The quantitative estimate of drug-likeness (QED) is 0.842. The molecule has 0 bridgehead atoms. The highest BCUT2D eigenvalue weighted by Crippen LogP contribution is 2.30. The number of carbonyl (C=O) groups is 2. The van der Waals surface area contributed by atoms with Crippen molar-refractivity contribution in [3.8, 4) is 0 Å². The molecular weight excluding hydrogens is 254 g/mol. The van der Waals surface area contributed by atoms with Crippen molar-refractivity contribution < 1.29 is 9.59 Å². The second-order valence-electron chi connectivity index (χ2n) is 5.16. The second kappa shape index (κ2) is 6.05. The molecule has 0 spiro atoms. The molecule has 0 fully saturated rings. The topological polar surface area (TPSA) is 61.4 Å². The molecule has 2 rings (SSSR count). The van der Waals surface area contributed by atoms with E-state index in [0.717, 1.165) is 16.8 Å². The average Bonchev–Trinajstić information content (AvgIpc) is 2.71. The van der Waals surface area contributed by atoms with Crippen molar-refractivity contribution >= 4 is 17.5 Å². The molecule has 1 aromatic carbocycles. The summed E-state index contributed by atoms with van der Waals surface area (Å²) in [6.07, 6.45) is 0.910. The molecule has 20 heavy (non-hydrogen) atoms. The Balaban J connectivity index is 2.05. The second-order valence-corrected chi connectivity index (χ2v) is 5.16. The van der Waals surface area contributed by atoms with Crippen molar-refractivity contribution in [2.45, 2.75) is 25.8 Å². The highest BCUT2D eigenvalue weighted by Gasteiger charge is 2.24. The smallest absolute Gasteiger partial charge is 0.231 e. The largest absolute Gasteiger partial charge is 0.350 e. The zero-order chi connectivity index (χ0) is 14.7. The van der Waals surface area contributed by atoms with Crippen molar-refractivity contribution in [2.75, 3.05) is 25.5 Å². The highest BCUT2D eigenvalue weighted by molar-refractivity contribution is 6.00. The van der Waals surface area contributed by atoms with Crippen LogP contribution in [0.15, 0.2) is 18.2 Å². The minimum absolute atomic E-state index is 0.0283. The van der Waals surface area contributed by atoms with Crippen LogP contribution in [0.2, 0.25) is 0 Å². The Morgan fingerprint density at radius 3 is 2.90 bits per heavy atom. The number of benzene rings is 1. The first-order chi connectivity index (χ1) is 9.52. The molecule has 1 unspecified atom stereocenters. The number of nitrogens with one attached hydrogen (secondary N) is 2. The highest BCUT2D eigenvalue weighted by atomic mass is 16.2. The Morgan fingerprint density at radius 2 is 2.20 bits per heavy atom. The standard InChI is InChI=1S/C15H21N3O2/c1-10(17-14(19)6-7-16-2)11-4-5-13-12(8-11)9-15(20)18(13)3/h4-5,8,10,16H,6-7,9H2,1-3H3,(H,17,19). The summed E-state index contributed by atoms with van der Waals surface area (Å²) in [6.45, 7) is 2.63. The molecule has 0 aliphatic carbocycles. The molecule has 2 amide bonds. The third-order valence-corrected chi connectivity index (χ3v) is 3.66. The number of anilines is 1. The predicted molar refractivity (Wildman–Crippen MR) is 78.7 cm³/mol. The lowest BCUT2D eigenvalue weighted by Crippen LogP contribution is -2.29. The summed E-state index contributed by atoms with van der Waals surface area (Å²) in [4.78, 5) is 25.0. The summed E-state index contributed by atoms with van der Waals surface area (Å²) >= 11 is 0. The van der Waals surface area contributed by atoms with Crippen molar-refractivity contribution in [1.29, 1.82) is 0 Å². The summed E-state index contributed by atoms with van der Waals surface area (Å²) in [5.41, 5.74) is 3.03. The van der Waals surface area contributed by atoms with Gasteiger partial charge in [-0.1, -0.05) is 12.1 Å². The first-order valence-electron chi connectivity index (χ1n) is 6.86. The van der Waals surface area contributed by atoms with Crippen molar-refractivity contribution in [1.82, 2.24) is 10.6 Å². The molecular formula is C15H21N3O2. The molecule has 1 aromatic rings. The number of carbonyl (C=O) groups excluding carboxylic acids is 2. The number of nitrogens with zero attached hydrogens (tertiary/aromatic N) is 1. The van der Waals surface area contributed by atoms with Crippen LogP contribution in [0.1, 0.15) is 30.5 Å². The molecule has 1 aliphatic heterocycles. The van der Waals surface area contributed by atoms with Crippen LogP contribution in [-0.2, 0) is 16.0 Å². The van der Waals surface area contributed by atoms with Gasteiger partial charge in [0.15, 0.2) is 0 Å². The maximum atomic E-state index is 11.7. The van der Waals surface area contributed by atoms with Crippen molar-refractivity contribution in [3.63, 3.8) is 0 Å². The van der Waals surface area contributed by atoms with E-state index in [1.165, 1.54) is 0 Å². The predicted octanol–water partition coefficient (Wildman–Crippen LogP) is 0.992. The molecule has 0 saturated heterocycles. The maximum Gasteiger partial charge on any atom is 0.231 e. The van der Waals surface area contributed by atoms with E-state index in [1.807, 2.05) is 32.2 Å². The van der Waals surface area contributed by atoms with E-state index in [4.69, 9.17) is 0 Å². The number of likely N-dealkylation sites (N-methyl/N-ethyl adjacent to an activating group) is 1. The average molecular weight is 275 g/mol. The molecule has 0 radical (unpaired) electrons. The van der Waals surface area contributed by atoms with Crippen LogP contribution in [-0.4, -0.2) is 32.5 Å². The number of fused-ring (bicyclic) bond motifs is 1. The van der Waals surface area contributed by atoms with Crippen LogP contribution in [0.25, 0.3) is 0 Å². The van der Waals surface area contributed by atoms with E-state index < -0.39 is 0 Å². The molecule has 0 aromatic heterocycles. The zero-order valence-corrected chi connectivity index (χ0v) is 12.2.